The van der Waals surface area contributed by atoms with Crippen molar-refractivity contribution in [1.82, 2.24) is 4.31 Å². The Bertz CT molecular complexity index is 554. The minimum atomic E-state index is -2.76. The third-order valence-electron chi connectivity index (χ3n) is 2.23. The van der Waals surface area contributed by atoms with Gasteiger partial charge in [0.05, 0.1) is 6.54 Å². The zero-order valence-corrected chi connectivity index (χ0v) is 11.4. The lowest BCUT2D eigenvalue weighted by Crippen LogP contribution is -2.31. The Morgan fingerprint density at radius 3 is 1.80 bits per heavy atom. The summed E-state index contributed by atoms with van der Waals surface area (Å²) in [5, 5.41) is -0.996. The Morgan fingerprint density at radius 1 is 1.05 bits per heavy atom. The van der Waals surface area contributed by atoms with Crippen LogP contribution in [0.4, 0.5) is 22.0 Å². The number of hydrogen-bond acceptors (Lipinski definition) is 2. The van der Waals surface area contributed by atoms with Gasteiger partial charge < -0.3 is 0 Å². The second kappa shape index (κ2) is 6.59. The molecule has 1 aromatic rings. The number of carbonyl (C=O) groups is 1. The monoisotopic (exact) mass is 335 g/mol. The van der Waals surface area contributed by atoms with E-state index in [0.29, 0.717) is 4.31 Å². The number of likely N-dealkylation sites (N-methyl/N-ethyl adjacent to an activating group) is 1. The van der Waals surface area contributed by atoms with Crippen molar-refractivity contribution < 1.29 is 31.0 Å². The van der Waals surface area contributed by atoms with E-state index in [0.717, 1.165) is 0 Å². The molecule has 0 heterocycles. The molecule has 0 aromatic heterocycles. The molecule has 0 fully saturated rings. The molecule has 0 aliphatic heterocycles. The lowest BCUT2D eigenvalue weighted by atomic mass is 10.3. The van der Waals surface area contributed by atoms with Crippen LogP contribution in [0.2, 0.25) is 0 Å². The summed E-state index contributed by atoms with van der Waals surface area (Å²) in [5.41, 5.74) is 0. The third-order valence-corrected chi connectivity index (χ3v) is 3.92. The molecule has 0 radical (unpaired) electrons. The lowest BCUT2D eigenvalue weighted by Gasteiger charge is -2.18. The second-order valence-corrected chi connectivity index (χ2v) is 5.30. The van der Waals surface area contributed by atoms with Crippen LogP contribution in [0, 0.1) is 29.1 Å². The predicted molar refractivity (Wildman–Crippen MR) is 60.7 cm³/mol. The van der Waals surface area contributed by atoms with Gasteiger partial charge in [-0.25, -0.2) is 30.5 Å². The van der Waals surface area contributed by atoms with Crippen molar-refractivity contribution in [2.24, 2.45) is 0 Å². The standard InChI is InChI=1S/C10H7ClF5NO2S/c1-2-17(3-4(11)18)20(19)10-8(15)6(13)5(12)7(14)9(10)16/h2-3H2,1H3. The van der Waals surface area contributed by atoms with E-state index < -0.39 is 56.8 Å². The van der Waals surface area contributed by atoms with E-state index in [1.807, 2.05) is 0 Å². The molecule has 0 aliphatic rings. The maximum atomic E-state index is 13.4. The summed E-state index contributed by atoms with van der Waals surface area (Å²) in [5.74, 6) is -11.2. The van der Waals surface area contributed by atoms with Gasteiger partial charge in [0.15, 0.2) is 23.3 Å². The number of halogens is 6. The van der Waals surface area contributed by atoms with Gasteiger partial charge in [0, 0.05) is 6.54 Å². The SMILES string of the molecule is CCN(CC(=O)Cl)S(=O)c1c(F)c(F)c(F)c(F)c1F. The van der Waals surface area contributed by atoms with E-state index in [4.69, 9.17) is 11.6 Å². The average molecular weight is 336 g/mol. The molecule has 0 saturated carbocycles. The van der Waals surface area contributed by atoms with Gasteiger partial charge in [-0.2, -0.15) is 0 Å². The summed E-state index contributed by atoms with van der Waals surface area (Å²) < 4.78 is 78.2. The molecule has 112 valence electrons. The fourth-order valence-corrected chi connectivity index (χ4v) is 2.72. The summed E-state index contributed by atoms with van der Waals surface area (Å²) in [4.78, 5) is 9.19. The Balaban J connectivity index is 3.39. The van der Waals surface area contributed by atoms with E-state index in [1.165, 1.54) is 6.92 Å². The molecule has 0 N–H and O–H groups in total. The summed E-state index contributed by atoms with van der Waals surface area (Å²) in [7, 11) is -2.76. The zero-order chi connectivity index (χ0) is 15.6. The first-order valence-electron chi connectivity index (χ1n) is 5.08. The van der Waals surface area contributed by atoms with Crippen molar-refractivity contribution in [3.63, 3.8) is 0 Å². The predicted octanol–water partition coefficient (Wildman–Crippen LogP) is 2.49. The van der Waals surface area contributed by atoms with Gasteiger partial charge in [0.2, 0.25) is 11.1 Å². The van der Waals surface area contributed by atoms with E-state index >= 15 is 0 Å². The van der Waals surface area contributed by atoms with Gasteiger partial charge in [-0.1, -0.05) is 6.92 Å². The van der Waals surface area contributed by atoms with Gasteiger partial charge in [-0.3, -0.25) is 4.79 Å². The van der Waals surface area contributed by atoms with Gasteiger partial charge in [-0.05, 0) is 11.6 Å². The normalized spacial score (nSPS) is 12.8. The lowest BCUT2D eigenvalue weighted by molar-refractivity contribution is -0.111. The summed E-state index contributed by atoms with van der Waals surface area (Å²) in [6.07, 6.45) is 0. The fraction of sp³-hybridized carbons (Fsp3) is 0.300. The molecule has 20 heavy (non-hydrogen) atoms. The van der Waals surface area contributed by atoms with Crippen molar-refractivity contribution in [2.75, 3.05) is 13.1 Å². The molecule has 1 unspecified atom stereocenters. The minimum absolute atomic E-state index is 0.162. The third kappa shape index (κ3) is 3.15. The molecule has 1 aromatic carbocycles. The van der Waals surface area contributed by atoms with Gasteiger partial charge in [-0.15, -0.1) is 0 Å². The van der Waals surface area contributed by atoms with Crippen LogP contribution >= 0.6 is 11.6 Å². The van der Waals surface area contributed by atoms with E-state index in [-0.39, 0.29) is 6.54 Å². The molecular weight excluding hydrogens is 329 g/mol. The summed E-state index contributed by atoms with van der Waals surface area (Å²) in [6, 6.07) is 0. The Labute approximate surface area is 117 Å². The first kappa shape index (κ1) is 17.0. The van der Waals surface area contributed by atoms with Gasteiger partial charge >= 0.3 is 0 Å². The molecule has 0 saturated heterocycles. The van der Waals surface area contributed by atoms with Crippen LogP contribution in [0.3, 0.4) is 0 Å². The second-order valence-electron chi connectivity index (χ2n) is 3.46. The average Bonchev–Trinajstić information content (AvgIpc) is 2.40. The molecule has 0 spiro atoms. The highest BCUT2D eigenvalue weighted by atomic mass is 35.5. The fourth-order valence-electron chi connectivity index (χ4n) is 1.29. The molecule has 3 nitrogen and oxygen atoms in total. The Hall–Kier alpha value is -1.06. The largest absolute Gasteiger partial charge is 0.280 e. The maximum absolute atomic E-state index is 13.4. The van der Waals surface area contributed by atoms with Crippen LogP contribution in [0.1, 0.15) is 6.92 Å². The number of hydrogen-bond donors (Lipinski definition) is 0. The minimum Gasteiger partial charge on any atom is -0.280 e. The van der Waals surface area contributed by atoms with Crippen molar-refractivity contribution in [2.45, 2.75) is 11.8 Å². The molecule has 0 aliphatic carbocycles. The first-order valence-corrected chi connectivity index (χ1v) is 6.57. The molecule has 1 atom stereocenters. The molecule has 10 heteroatoms. The maximum Gasteiger partial charge on any atom is 0.236 e. The summed E-state index contributed by atoms with van der Waals surface area (Å²) >= 11 is 5.04. The number of carbonyl (C=O) groups excluding carboxylic acids is 1. The van der Waals surface area contributed by atoms with Crippen LogP contribution in [0.5, 0.6) is 0 Å². The molecule has 1 rings (SSSR count). The zero-order valence-electron chi connectivity index (χ0n) is 9.85. The highest BCUT2D eigenvalue weighted by Crippen LogP contribution is 2.26. The van der Waals surface area contributed by atoms with E-state index in [9.17, 15) is 31.0 Å². The highest BCUT2D eigenvalue weighted by molar-refractivity contribution is 7.82. The number of rotatable bonds is 5. The van der Waals surface area contributed by atoms with Crippen LogP contribution in [0.25, 0.3) is 0 Å². The summed E-state index contributed by atoms with van der Waals surface area (Å²) in [6.45, 7) is 0.526. The van der Waals surface area contributed by atoms with Gasteiger partial charge in [0.1, 0.15) is 15.9 Å². The molecular formula is C10H7ClF5NO2S. The van der Waals surface area contributed by atoms with Crippen molar-refractivity contribution in [3.8, 4) is 0 Å². The van der Waals surface area contributed by atoms with Crippen molar-refractivity contribution >= 4 is 27.8 Å². The Kier molecular flexibility index (Phi) is 5.60. The van der Waals surface area contributed by atoms with Crippen LogP contribution in [0.15, 0.2) is 4.90 Å². The van der Waals surface area contributed by atoms with Gasteiger partial charge in [0.25, 0.3) is 0 Å². The van der Waals surface area contributed by atoms with Crippen LogP contribution in [-0.4, -0.2) is 26.8 Å². The quantitative estimate of drug-likeness (QED) is 0.359. The highest BCUT2D eigenvalue weighted by Gasteiger charge is 2.31. The first-order chi connectivity index (χ1) is 9.22. The topological polar surface area (TPSA) is 37.4 Å². The van der Waals surface area contributed by atoms with Crippen molar-refractivity contribution in [3.05, 3.63) is 29.1 Å². The smallest absolute Gasteiger partial charge is 0.236 e. The Morgan fingerprint density at radius 2 is 1.45 bits per heavy atom. The molecule has 0 bridgehead atoms. The van der Waals surface area contributed by atoms with E-state index in [2.05, 4.69) is 0 Å². The number of nitrogens with zero attached hydrogens (tertiary/aromatic N) is 1. The van der Waals surface area contributed by atoms with Crippen LogP contribution in [-0.2, 0) is 15.8 Å². The van der Waals surface area contributed by atoms with Crippen molar-refractivity contribution in [1.29, 1.82) is 0 Å². The number of benzene rings is 1. The van der Waals surface area contributed by atoms with Crippen LogP contribution < -0.4 is 0 Å². The van der Waals surface area contributed by atoms with E-state index in [1.54, 1.807) is 0 Å². The molecule has 0 amide bonds.